The van der Waals surface area contributed by atoms with E-state index in [4.69, 9.17) is 23.7 Å². The van der Waals surface area contributed by atoms with Crippen LogP contribution in [0.2, 0.25) is 0 Å². The molecule has 1 aromatic rings. The van der Waals surface area contributed by atoms with Crippen LogP contribution in [0.15, 0.2) is 24.3 Å². The van der Waals surface area contributed by atoms with Gasteiger partial charge in [0, 0.05) is 6.08 Å². The lowest BCUT2D eigenvalue weighted by Crippen LogP contribution is -2.60. The minimum atomic E-state index is -1.65. The molecule has 0 unspecified atom stereocenters. The number of aliphatic hydroxyl groups excluding tert-OH is 4. The summed E-state index contributed by atoms with van der Waals surface area (Å²) in [4.78, 5) is 23.8. The second-order valence-corrected chi connectivity index (χ2v) is 7.50. The Morgan fingerprint density at radius 2 is 1.94 bits per heavy atom. The first-order valence-corrected chi connectivity index (χ1v) is 10.1. The number of hydrogen-bond donors (Lipinski definition) is 5. The second-order valence-electron chi connectivity index (χ2n) is 7.50. The molecule has 0 aromatic heterocycles. The fourth-order valence-corrected chi connectivity index (χ4v) is 3.39. The van der Waals surface area contributed by atoms with E-state index in [0.29, 0.717) is 5.56 Å². The maximum Gasteiger partial charge on any atom is 0.330 e. The standard InChI is InChI=1S/C21H26O12/c1-29-12-6-10(2-4-11(12)23)3-5-16(24)30-9-15-13(7-17(25)31-15)32-21-20(28)19(27)18(26)14(8-22)33-21/h2-6,13-15,18-23,26-28H,7-9H2,1H3/b5-3+/t13-,14+,15+,18+,19-,20+,21+/m0/s1. The number of ether oxygens (including phenoxy) is 5. The number of phenolic OH excluding ortho intramolecular Hbond substituents is 1. The summed E-state index contributed by atoms with van der Waals surface area (Å²) in [5.74, 6) is -1.18. The summed E-state index contributed by atoms with van der Waals surface area (Å²) < 4.78 is 26.0. The van der Waals surface area contributed by atoms with Gasteiger partial charge in [0.1, 0.15) is 37.1 Å². The highest BCUT2D eigenvalue weighted by Crippen LogP contribution is 2.28. The van der Waals surface area contributed by atoms with E-state index in [1.54, 1.807) is 6.07 Å². The molecule has 0 saturated carbocycles. The molecule has 12 heteroatoms. The predicted molar refractivity (Wildman–Crippen MR) is 108 cm³/mol. The number of methoxy groups -OCH3 is 1. The van der Waals surface area contributed by atoms with E-state index in [1.165, 1.54) is 25.3 Å². The number of aromatic hydroxyl groups is 1. The van der Waals surface area contributed by atoms with Crippen molar-refractivity contribution in [3.8, 4) is 11.5 Å². The summed E-state index contributed by atoms with van der Waals surface area (Å²) >= 11 is 0. The van der Waals surface area contributed by atoms with Crippen LogP contribution < -0.4 is 4.74 Å². The van der Waals surface area contributed by atoms with Gasteiger partial charge in [0.2, 0.25) is 0 Å². The van der Waals surface area contributed by atoms with Crippen LogP contribution in [0.3, 0.4) is 0 Å². The van der Waals surface area contributed by atoms with Crippen LogP contribution in [0.25, 0.3) is 6.08 Å². The van der Waals surface area contributed by atoms with Crippen molar-refractivity contribution in [3.63, 3.8) is 0 Å². The van der Waals surface area contributed by atoms with Gasteiger partial charge in [-0.2, -0.15) is 0 Å². The first-order chi connectivity index (χ1) is 15.7. The molecular formula is C21H26O12. The van der Waals surface area contributed by atoms with E-state index >= 15 is 0 Å². The van der Waals surface area contributed by atoms with E-state index in [9.17, 15) is 35.1 Å². The lowest BCUT2D eigenvalue weighted by atomic mass is 9.99. The molecule has 0 spiro atoms. The largest absolute Gasteiger partial charge is 0.504 e. The summed E-state index contributed by atoms with van der Waals surface area (Å²) in [6.45, 7) is -0.985. The molecule has 5 N–H and O–H groups in total. The zero-order valence-corrected chi connectivity index (χ0v) is 17.6. The zero-order chi connectivity index (χ0) is 24.1. The van der Waals surface area contributed by atoms with Crippen LogP contribution in [0, 0.1) is 0 Å². The minimum Gasteiger partial charge on any atom is -0.504 e. The van der Waals surface area contributed by atoms with Gasteiger partial charge in [-0.05, 0) is 23.8 Å². The highest BCUT2D eigenvalue weighted by molar-refractivity contribution is 5.87. The summed E-state index contributed by atoms with van der Waals surface area (Å²) in [5, 5.41) is 48.7. The molecule has 2 heterocycles. The van der Waals surface area contributed by atoms with Gasteiger partial charge in [0.05, 0.1) is 20.1 Å². The highest BCUT2D eigenvalue weighted by atomic mass is 16.7. The van der Waals surface area contributed by atoms with E-state index < -0.39 is 61.5 Å². The first-order valence-electron chi connectivity index (χ1n) is 10.1. The number of aliphatic hydroxyl groups is 4. The molecule has 1 aromatic carbocycles. The maximum atomic E-state index is 12.1. The number of phenols is 1. The molecule has 0 radical (unpaired) electrons. The SMILES string of the molecule is COc1cc(/C=C/C(=O)OC[C@H]2OC(=O)C[C@@H]2O[C@@H]2O[C@H](CO)[C@@H](O)[C@H](O)[C@H]2O)ccc1O. The van der Waals surface area contributed by atoms with Crippen molar-refractivity contribution in [2.45, 2.75) is 49.3 Å². The summed E-state index contributed by atoms with van der Waals surface area (Å²) in [6, 6.07) is 4.48. The molecule has 33 heavy (non-hydrogen) atoms. The Labute approximate surface area is 188 Å². The van der Waals surface area contributed by atoms with Crippen molar-refractivity contribution in [1.82, 2.24) is 0 Å². The molecular weight excluding hydrogens is 444 g/mol. The van der Waals surface area contributed by atoms with Crippen molar-refractivity contribution in [2.24, 2.45) is 0 Å². The number of rotatable bonds is 8. The van der Waals surface area contributed by atoms with Crippen LogP contribution in [-0.4, -0.2) is 101 Å². The molecule has 182 valence electrons. The van der Waals surface area contributed by atoms with Gasteiger partial charge in [-0.1, -0.05) is 6.07 Å². The molecule has 0 aliphatic carbocycles. The Kier molecular flexibility index (Phi) is 8.24. The van der Waals surface area contributed by atoms with Crippen LogP contribution in [-0.2, 0) is 28.5 Å². The third-order valence-electron chi connectivity index (χ3n) is 5.23. The fourth-order valence-electron chi connectivity index (χ4n) is 3.39. The Morgan fingerprint density at radius 1 is 1.18 bits per heavy atom. The van der Waals surface area contributed by atoms with Gasteiger partial charge in [-0.25, -0.2) is 4.79 Å². The van der Waals surface area contributed by atoms with Crippen LogP contribution in [0.1, 0.15) is 12.0 Å². The predicted octanol–water partition coefficient (Wildman–Crippen LogP) is -1.54. The van der Waals surface area contributed by atoms with Gasteiger partial charge in [0.25, 0.3) is 0 Å². The summed E-state index contributed by atoms with van der Waals surface area (Å²) in [5.41, 5.74) is 0.567. The number of hydrogen-bond acceptors (Lipinski definition) is 12. The Hall–Kier alpha value is -2.74. The van der Waals surface area contributed by atoms with E-state index in [1.807, 2.05) is 0 Å². The minimum absolute atomic E-state index is 0.0503. The lowest BCUT2D eigenvalue weighted by Gasteiger charge is -2.40. The topological polar surface area (TPSA) is 181 Å². The molecule has 12 nitrogen and oxygen atoms in total. The van der Waals surface area contributed by atoms with Crippen molar-refractivity contribution in [3.05, 3.63) is 29.8 Å². The van der Waals surface area contributed by atoms with E-state index in [-0.39, 0.29) is 24.5 Å². The summed E-state index contributed by atoms with van der Waals surface area (Å²) in [6.07, 6.45) is -7.10. The molecule has 2 saturated heterocycles. The van der Waals surface area contributed by atoms with E-state index in [0.717, 1.165) is 6.08 Å². The number of cyclic esters (lactones) is 1. The van der Waals surface area contributed by atoms with Gasteiger partial charge < -0.3 is 49.2 Å². The first kappa shape index (κ1) is 24.9. The van der Waals surface area contributed by atoms with Gasteiger partial charge >= 0.3 is 11.9 Å². The van der Waals surface area contributed by atoms with Crippen LogP contribution >= 0.6 is 0 Å². The second kappa shape index (κ2) is 10.9. The summed E-state index contributed by atoms with van der Waals surface area (Å²) in [7, 11) is 1.39. The molecule has 2 aliphatic rings. The number of benzene rings is 1. The third-order valence-corrected chi connectivity index (χ3v) is 5.23. The maximum absolute atomic E-state index is 12.1. The smallest absolute Gasteiger partial charge is 0.330 e. The molecule has 2 fully saturated rings. The molecule has 0 bridgehead atoms. The zero-order valence-electron chi connectivity index (χ0n) is 17.6. The normalized spacial score (nSPS) is 32.0. The van der Waals surface area contributed by atoms with Gasteiger partial charge in [-0.15, -0.1) is 0 Å². The van der Waals surface area contributed by atoms with Gasteiger partial charge in [0.15, 0.2) is 23.9 Å². The molecule has 0 amide bonds. The molecule has 3 rings (SSSR count). The quantitative estimate of drug-likeness (QED) is 0.218. The lowest BCUT2D eigenvalue weighted by molar-refractivity contribution is -0.314. The molecule has 7 atom stereocenters. The monoisotopic (exact) mass is 470 g/mol. The number of esters is 2. The third kappa shape index (κ3) is 5.99. The van der Waals surface area contributed by atoms with E-state index in [2.05, 4.69) is 0 Å². The average molecular weight is 470 g/mol. The number of carbonyl (C=O) groups excluding carboxylic acids is 2. The van der Waals surface area contributed by atoms with Crippen LogP contribution in [0.5, 0.6) is 11.5 Å². The number of carbonyl (C=O) groups is 2. The Balaban J connectivity index is 1.56. The Bertz CT molecular complexity index is 869. The van der Waals surface area contributed by atoms with Crippen molar-refractivity contribution >= 4 is 18.0 Å². The average Bonchev–Trinajstić information content (AvgIpc) is 3.16. The Morgan fingerprint density at radius 3 is 2.64 bits per heavy atom. The van der Waals surface area contributed by atoms with Crippen molar-refractivity contribution in [1.29, 1.82) is 0 Å². The molecule has 2 aliphatic heterocycles. The van der Waals surface area contributed by atoms with Crippen molar-refractivity contribution < 1.29 is 58.8 Å². The van der Waals surface area contributed by atoms with Gasteiger partial charge in [-0.3, -0.25) is 4.79 Å². The highest BCUT2D eigenvalue weighted by Gasteiger charge is 2.47. The van der Waals surface area contributed by atoms with Crippen LogP contribution in [0.4, 0.5) is 0 Å². The fraction of sp³-hybridized carbons (Fsp3) is 0.524. The van der Waals surface area contributed by atoms with Crippen molar-refractivity contribution in [2.75, 3.05) is 20.3 Å².